The minimum atomic E-state index is -4.16. The second-order valence-electron chi connectivity index (χ2n) is 9.98. The smallest absolute Gasteiger partial charge is 0.264 e. The van der Waals surface area contributed by atoms with Gasteiger partial charge in [0.15, 0.2) is 0 Å². The lowest BCUT2D eigenvalue weighted by atomic mass is 10.1. The van der Waals surface area contributed by atoms with Crippen LogP contribution in [-0.4, -0.2) is 44.3 Å². The number of nitrogens with zero attached hydrogens (tertiary/aromatic N) is 2. The average molecular weight is 619 g/mol. The second kappa shape index (κ2) is 14.2. The predicted octanol–water partition coefficient (Wildman–Crippen LogP) is 6.45. The fourth-order valence-electron chi connectivity index (χ4n) is 4.50. The molecule has 41 heavy (non-hydrogen) atoms. The number of rotatable bonds is 12. The van der Waals surface area contributed by atoms with E-state index < -0.39 is 28.5 Å². The molecule has 10 heteroatoms. The zero-order valence-corrected chi connectivity index (χ0v) is 26.4. The molecule has 220 valence electrons. The van der Waals surface area contributed by atoms with Gasteiger partial charge in [0.1, 0.15) is 12.6 Å². The first-order valence-corrected chi connectivity index (χ1v) is 15.8. The summed E-state index contributed by atoms with van der Waals surface area (Å²) in [6.07, 6.45) is 1.03. The summed E-state index contributed by atoms with van der Waals surface area (Å²) in [5.74, 6) is -0.887. The van der Waals surface area contributed by atoms with Crippen LogP contribution in [0.3, 0.4) is 0 Å². The van der Waals surface area contributed by atoms with Crippen molar-refractivity contribution in [1.29, 1.82) is 0 Å². The van der Waals surface area contributed by atoms with E-state index in [4.69, 9.17) is 23.2 Å². The molecule has 0 saturated heterocycles. The third-order valence-electron chi connectivity index (χ3n) is 7.06. The third kappa shape index (κ3) is 7.61. The van der Waals surface area contributed by atoms with Crippen molar-refractivity contribution in [3.8, 4) is 0 Å². The summed E-state index contributed by atoms with van der Waals surface area (Å²) >= 11 is 12.9. The molecule has 1 atom stereocenters. The molecule has 2 amide bonds. The molecule has 0 heterocycles. The number of hydrogen-bond donors (Lipinski definition) is 1. The van der Waals surface area contributed by atoms with Crippen LogP contribution in [0.5, 0.6) is 0 Å². The molecule has 0 radical (unpaired) electrons. The largest absolute Gasteiger partial charge is 0.354 e. The van der Waals surface area contributed by atoms with Crippen molar-refractivity contribution < 1.29 is 18.0 Å². The maximum Gasteiger partial charge on any atom is 0.264 e. The van der Waals surface area contributed by atoms with E-state index in [0.29, 0.717) is 34.3 Å². The third-order valence-corrected chi connectivity index (χ3v) is 9.54. The number of benzene rings is 3. The lowest BCUT2D eigenvalue weighted by Gasteiger charge is -2.34. The topological polar surface area (TPSA) is 86.8 Å². The van der Waals surface area contributed by atoms with Gasteiger partial charge in [-0.2, -0.15) is 0 Å². The Morgan fingerprint density at radius 2 is 1.51 bits per heavy atom. The Hall–Kier alpha value is -3.07. The van der Waals surface area contributed by atoms with Gasteiger partial charge in [-0.3, -0.25) is 13.9 Å². The molecule has 0 aromatic heterocycles. The molecule has 0 aliphatic rings. The molecule has 3 aromatic rings. The molecular weight excluding hydrogens is 581 g/mol. The van der Waals surface area contributed by atoms with Crippen molar-refractivity contribution in [3.63, 3.8) is 0 Å². The number of aryl methyl sites for hydroxylation is 2. The molecular formula is C31H37Cl2N3O4S. The highest BCUT2D eigenvalue weighted by Crippen LogP contribution is 2.31. The summed E-state index contributed by atoms with van der Waals surface area (Å²) in [4.78, 5) is 28.9. The summed E-state index contributed by atoms with van der Waals surface area (Å²) in [5.41, 5.74) is 3.38. The fourth-order valence-corrected chi connectivity index (χ4v) is 6.48. The van der Waals surface area contributed by atoms with E-state index in [1.165, 1.54) is 17.0 Å². The highest BCUT2D eigenvalue weighted by Gasteiger charge is 2.34. The van der Waals surface area contributed by atoms with Crippen LogP contribution in [0.15, 0.2) is 65.6 Å². The van der Waals surface area contributed by atoms with Crippen LogP contribution in [0.25, 0.3) is 0 Å². The molecule has 0 bridgehead atoms. The lowest BCUT2D eigenvalue weighted by molar-refractivity contribution is -0.140. The van der Waals surface area contributed by atoms with Crippen molar-refractivity contribution in [2.45, 2.75) is 64.9 Å². The fraction of sp³-hybridized carbons (Fsp3) is 0.355. The summed E-state index contributed by atoms with van der Waals surface area (Å²) in [5, 5.41) is 3.56. The molecule has 0 saturated carbocycles. The Kier molecular flexibility index (Phi) is 11.2. The number of carbonyl (C=O) groups excluding carboxylic acids is 2. The van der Waals surface area contributed by atoms with E-state index in [2.05, 4.69) is 5.32 Å². The molecule has 0 fully saturated rings. The number of halogens is 2. The molecule has 0 aliphatic carbocycles. The van der Waals surface area contributed by atoms with Crippen molar-refractivity contribution in [2.75, 3.05) is 17.4 Å². The van der Waals surface area contributed by atoms with Gasteiger partial charge in [-0.1, -0.05) is 72.9 Å². The van der Waals surface area contributed by atoms with E-state index in [0.717, 1.165) is 27.4 Å². The molecule has 0 unspecified atom stereocenters. The van der Waals surface area contributed by atoms with E-state index >= 15 is 0 Å². The zero-order valence-electron chi connectivity index (χ0n) is 24.1. The summed E-state index contributed by atoms with van der Waals surface area (Å²) < 4.78 is 29.3. The van der Waals surface area contributed by atoms with Gasteiger partial charge in [-0.25, -0.2) is 8.42 Å². The zero-order chi connectivity index (χ0) is 30.3. The number of carbonyl (C=O) groups is 2. The molecule has 3 rings (SSSR count). The Morgan fingerprint density at radius 1 is 0.902 bits per heavy atom. The molecule has 0 aliphatic heterocycles. The highest BCUT2D eigenvalue weighted by molar-refractivity contribution is 7.92. The van der Waals surface area contributed by atoms with Crippen LogP contribution in [0.1, 0.15) is 48.9 Å². The summed E-state index contributed by atoms with van der Waals surface area (Å²) in [7, 11) is -4.16. The van der Waals surface area contributed by atoms with Crippen LogP contribution >= 0.6 is 23.2 Å². The van der Waals surface area contributed by atoms with Gasteiger partial charge in [0.05, 0.1) is 10.6 Å². The van der Waals surface area contributed by atoms with Gasteiger partial charge in [0.25, 0.3) is 10.0 Å². The SMILES string of the molecule is CCCNC(=O)[C@@H](CC)N(Cc1c(Cl)cccc1Cl)C(=O)CN(c1cccc(C)c1C)S(=O)(=O)c1ccc(C)cc1. The minimum Gasteiger partial charge on any atom is -0.354 e. The van der Waals surface area contributed by atoms with Crippen LogP contribution in [-0.2, 0) is 26.2 Å². The number of anilines is 1. The van der Waals surface area contributed by atoms with Gasteiger partial charge in [0, 0.05) is 28.7 Å². The Morgan fingerprint density at radius 3 is 2.10 bits per heavy atom. The molecule has 7 nitrogen and oxygen atoms in total. The Bertz CT molecular complexity index is 1470. The van der Waals surface area contributed by atoms with Crippen LogP contribution < -0.4 is 9.62 Å². The number of amides is 2. The predicted molar refractivity (Wildman–Crippen MR) is 166 cm³/mol. The lowest BCUT2D eigenvalue weighted by Crippen LogP contribution is -2.52. The number of nitrogens with one attached hydrogen (secondary N) is 1. The monoisotopic (exact) mass is 617 g/mol. The van der Waals surface area contributed by atoms with Crippen molar-refractivity contribution in [2.24, 2.45) is 0 Å². The van der Waals surface area contributed by atoms with E-state index in [1.54, 1.807) is 49.4 Å². The first kappa shape index (κ1) is 32.4. The summed E-state index contributed by atoms with van der Waals surface area (Å²) in [6, 6.07) is 16.0. The van der Waals surface area contributed by atoms with Crippen LogP contribution in [0, 0.1) is 20.8 Å². The normalized spacial score (nSPS) is 12.1. The van der Waals surface area contributed by atoms with Crippen molar-refractivity contribution >= 4 is 50.7 Å². The van der Waals surface area contributed by atoms with Gasteiger partial charge < -0.3 is 10.2 Å². The first-order chi connectivity index (χ1) is 19.4. The Labute approximate surface area is 253 Å². The summed E-state index contributed by atoms with van der Waals surface area (Å²) in [6.45, 7) is 9.16. The van der Waals surface area contributed by atoms with Crippen LogP contribution in [0.4, 0.5) is 5.69 Å². The van der Waals surface area contributed by atoms with Crippen LogP contribution in [0.2, 0.25) is 10.0 Å². The highest BCUT2D eigenvalue weighted by atomic mass is 35.5. The van der Waals surface area contributed by atoms with E-state index in [9.17, 15) is 18.0 Å². The first-order valence-electron chi connectivity index (χ1n) is 13.6. The number of hydrogen-bond acceptors (Lipinski definition) is 4. The molecule has 3 aromatic carbocycles. The average Bonchev–Trinajstić information content (AvgIpc) is 2.93. The standard InChI is InChI=1S/C31H37Cl2N3O4S/c1-6-18-34-31(38)28(7-2)35(19-25-26(32)11-9-12-27(25)33)30(37)20-36(29-13-8-10-22(4)23(29)5)41(39,40)24-16-14-21(3)15-17-24/h8-17,28H,6-7,18-20H2,1-5H3,(H,34,38)/t28-/m1/s1. The van der Waals surface area contributed by atoms with Gasteiger partial charge in [-0.05, 0) is 75.1 Å². The van der Waals surface area contributed by atoms with Crippen molar-refractivity contribution in [3.05, 3.63) is 93.0 Å². The maximum absolute atomic E-state index is 14.2. The molecule has 1 N–H and O–H groups in total. The maximum atomic E-state index is 14.2. The van der Waals surface area contributed by atoms with Crippen molar-refractivity contribution in [1.82, 2.24) is 10.2 Å². The van der Waals surface area contributed by atoms with Gasteiger partial charge in [0.2, 0.25) is 11.8 Å². The van der Waals surface area contributed by atoms with E-state index in [1.807, 2.05) is 33.8 Å². The molecule has 0 spiro atoms. The second-order valence-corrected chi connectivity index (χ2v) is 12.7. The van der Waals surface area contributed by atoms with Gasteiger partial charge in [-0.15, -0.1) is 0 Å². The quantitative estimate of drug-likeness (QED) is 0.253. The Balaban J connectivity index is 2.13. The van der Waals surface area contributed by atoms with Gasteiger partial charge >= 0.3 is 0 Å². The minimum absolute atomic E-state index is 0.0604. The van der Waals surface area contributed by atoms with E-state index in [-0.39, 0.29) is 17.3 Å². The number of sulfonamides is 1.